The normalized spacial score (nSPS) is 11.4. The summed E-state index contributed by atoms with van der Waals surface area (Å²) in [4.78, 5) is 0. The number of aryl methyl sites for hydroxylation is 1. The third-order valence-corrected chi connectivity index (χ3v) is 2.88. The highest BCUT2D eigenvalue weighted by atomic mass is 35.5. The molecule has 2 aromatic carbocycles. The predicted molar refractivity (Wildman–Crippen MR) is 75.2 cm³/mol. The first-order chi connectivity index (χ1) is 9.10. The Balaban J connectivity index is 2.23. The highest BCUT2D eigenvalue weighted by Crippen LogP contribution is 2.25. The second-order valence-corrected chi connectivity index (χ2v) is 4.45. The number of ether oxygens (including phenoxy) is 1. The monoisotopic (exact) mass is 276 g/mol. The van der Waals surface area contributed by atoms with Crippen LogP contribution in [-0.2, 0) is 0 Å². The van der Waals surface area contributed by atoms with E-state index < -0.39 is 0 Å². The van der Waals surface area contributed by atoms with Crippen molar-refractivity contribution in [3.63, 3.8) is 0 Å². The Morgan fingerprint density at radius 3 is 2.37 bits per heavy atom. The second-order valence-electron chi connectivity index (χ2n) is 4.02. The zero-order chi connectivity index (χ0) is 13.8. The number of halogens is 1. The topological polar surface area (TPSA) is 67.8 Å². The molecule has 0 aliphatic carbocycles. The predicted octanol–water partition coefficient (Wildman–Crippen LogP) is 3.54. The number of hydrogen-bond acceptors (Lipinski definition) is 3. The molecule has 0 aliphatic heterocycles. The molecule has 2 rings (SSSR count). The van der Waals surface area contributed by atoms with E-state index in [9.17, 15) is 0 Å². The fraction of sp³-hybridized carbons (Fsp3) is 0.0714. The first kappa shape index (κ1) is 13.2. The zero-order valence-electron chi connectivity index (χ0n) is 10.3. The van der Waals surface area contributed by atoms with Gasteiger partial charge in [-0.05, 0) is 55.0 Å². The van der Waals surface area contributed by atoms with E-state index in [1.165, 1.54) is 0 Å². The van der Waals surface area contributed by atoms with Crippen LogP contribution in [0, 0.1) is 6.92 Å². The minimum atomic E-state index is 0.0792. The fourth-order valence-corrected chi connectivity index (χ4v) is 1.81. The van der Waals surface area contributed by atoms with E-state index in [1.807, 2.05) is 13.0 Å². The summed E-state index contributed by atoms with van der Waals surface area (Å²) in [7, 11) is 0. The van der Waals surface area contributed by atoms with Gasteiger partial charge in [-0.25, -0.2) is 0 Å². The van der Waals surface area contributed by atoms with Crippen LogP contribution in [0.2, 0.25) is 5.02 Å². The summed E-state index contributed by atoms with van der Waals surface area (Å²) in [6, 6.07) is 12.4. The molecule has 0 heterocycles. The van der Waals surface area contributed by atoms with E-state index in [-0.39, 0.29) is 5.84 Å². The van der Waals surface area contributed by atoms with E-state index in [2.05, 4.69) is 5.16 Å². The van der Waals surface area contributed by atoms with Gasteiger partial charge in [0.2, 0.25) is 0 Å². The van der Waals surface area contributed by atoms with Crippen LogP contribution in [0.3, 0.4) is 0 Å². The maximum Gasteiger partial charge on any atom is 0.170 e. The molecule has 0 saturated heterocycles. The smallest absolute Gasteiger partial charge is 0.170 e. The average Bonchev–Trinajstić information content (AvgIpc) is 2.41. The van der Waals surface area contributed by atoms with Crippen LogP contribution in [-0.4, -0.2) is 11.0 Å². The Kier molecular flexibility index (Phi) is 3.92. The van der Waals surface area contributed by atoms with Crippen molar-refractivity contribution in [2.24, 2.45) is 10.9 Å². The maximum atomic E-state index is 8.66. The molecule has 98 valence electrons. The molecule has 0 amide bonds. The lowest BCUT2D eigenvalue weighted by molar-refractivity contribution is 0.318. The molecule has 0 aliphatic rings. The molecule has 0 fully saturated rings. The molecule has 4 nitrogen and oxygen atoms in total. The Bertz CT molecular complexity index is 609. The van der Waals surface area contributed by atoms with Gasteiger partial charge < -0.3 is 15.7 Å². The quantitative estimate of drug-likeness (QED) is 0.390. The Labute approximate surface area is 116 Å². The molecule has 0 aromatic heterocycles. The zero-order valence-corrected chi connectivity index (χ0v) is 11.1. The van der Waals surface area contributed by atoms with Crippen molar-refractivity contribution in [2.75, 3.05) is 0 Å². The van der Waals surface area contributed by atoms with Gasteiger partial charge >= 0.3 is 0 Å². The van der Waals surface area contributed by atoms with Gasteiger partial charge in [-0.15, -0.1) is 0 Å². The van der Waals surface area contributed by atoms with Gasteiger partial charge in [0.15, 0.2) is 5.84 Å². The van der Waals surface area contributed by atoms with Crippen molar-refractivity contribution in [3.05, 3.63) is 58.6 Å². The van der Waals surface area contributed by atoms with Crippen LogP contribution in [0.15, 0.2) is 47.6 Å². The second kappa shape index (κ2) is 5.63. The molecule has 2 aromatic rings. The van der Waals surface area contributed by atoms with Gasteiger partial charge in [-0.3, -0.25) is 0 Å². The van der Waals surface area contributed by atoms with Crippen molar-refractivity contribution in [1.29, 1.82) is 0 Å². The average molecular weight is 277 g/mol. The third kappa shape index (κ3) is 3.17. The Morgan fingerprint density at radius 1 is 1.16 bits per heavy atom. The lowest BCUT2D eigenvalue weighted by Gasteiger charge is -2.09. The molecule has 0 unspecified atom stereocenters. The van der Waals surface area contributed by atoms with Gasteiger partial charge in [0, 0.05) is 10.6 Å². The summed E-state index contributed by atoms with van der Waals surface area (Å²) >= 11 is 5.81. The summed E-state index contributed by atoms with van der Waals surface area (Å²) in [6.07, 6.45) is 0. The van der Waals surface area contributed by atoms with Crippen LogP contribution in [0.25, 0.3) is 0 Å². The summed E-state index contributed by atoms with van der Waals surface area (Å²) in [5, 5.41) is 12.3. The maximum absolute atomic E-state index is 8.66. The summed E-state index contributed by atoms with van der Waals surface area (Å²) in [5.41, 5.74) is 7.09. The number of nitrogens with zero attached hydrogens (tertiary/aromatic N) is 1. The molecular weight excluding hydrogens is 264 g/mol. The van der Waals surface area contributed by atoms with Crippen LogP contribution in [0.5, 0.6) is 11.5 Å². The summed E-state index contributed by atoms with van der Waals surface area (Å²) < 4.78 is 5.68. The molecule has 19 heavy (non-hydrogen) atoms. The van der Waals surface area contributed by atoms with E-state index in [0.29, 0.717) is 22.1 Å². The largest absolute Gasteiger partial charge is 0.457 e. The van der Waals surface area contributed by atoms with Crippen LogP contribution < -0.4 is 10.5 Å². The molecule has 0 radical (unpaired) electrons. The van der Waals surface area contributed by atoms with Gasteiger partial charge in [-0.1, -0.05) is 16.8 Å². The van der Waals surface area contributed by atoms with Crippen molar-refractivity contribution < 1.29 is 9.94 Å². The van der Waals surface area contributed by atoms with E-state index >= 15 is 0 Å². The highest BCUT2D eigenvalue weighted by molar-refractivity contribution is 6.30. The summed E-state index contributed by atoms with van der Waals surface area (Å²) in [5.74, 6) is 1.45. The lowest BCUT2D eigenvalue weighted by atomic mass is 10.1. The number of hydrogen-bond donors (Lipinski definition) is 2. The lowest BCUT2D eigenvalue weighted by Crippen LogP contribution is -2.14. The van der Waals surface area contributed by atoms with Crippen molar-refractivity contribution in [1.82, 2.24) is 0 Å². The number of nitrogens with two attached hydrogens (primary N) is 1. The Morgan fingerprint density at radius 2 is 1.79 bits per heavy atom. The first-order valence-corrected chi connectivity index (χ1v) is 6.00. The molecule has 0 bridgehead atoms. The van der Waals surface area contributed by atoms with Gasteiger partial charge in [-0.2, -0.15) is 0 Å². The van der Waals surface area contributed by atoms with Crippen molar-refractivity contribution in [3.8, 4) is 11.5 Å². The molecule has 3 N–H and O–H groups in total. The fourth-order valence-electron chi connectivity index (χ4n) is 1.68. The number of benzene rings is 2. The van der Waals surface area contributed by atoms with Crippen LogP contribution >= 0.6 is 11.6 Å². The van der Waals surface area contributed by atoms with Crippen LogP contribution in [0.1, 0.15) is 11.1 Å². The number of amidine groups is 1. The first-order valence-electron chi connectivity index (χ1n) is 5.62. The highest BCUT2D eigenvalue weighted by Gasteiger charge is 2.05. The molecule has 5 heteroatoms. The van der Waals surface area contributed by atoms with E-state index in [4.69, 9.17) is 27.3 Å². The SMILES string of the molecule is Cc1cc(Oc2ccc(Cl)cc2)ccc1/C(N)=N/O. The number of rotatable bonds is 3. The van der Waals surface area contributed by atoms with E-state index in [0.717, 1.165) is 5.56 Å². The Hall–Kier alpha value is -2.20. The van der Waals surface area contributed by atoms with Gasteiger partial charge in [0.25, 0.3) is 0 Å². The van der Waals surface area contributed by atoms with E-state index in [1.54, 1.807) is 36.4 Å². The minimum absolute atomic E-state index is 0.0792. The van der Waals surface area contributed by atoms with Gasteiger partial charge in [0.05, 0.1) is 0 Å². The third-order valence-electron chi connectivity index (χ3n) is 2.63. The molecular formula is C14H13ClN2O2. The van der Waals surface area contributed by atoms with Crippen molar-refractivity contribution in [2.45, 2.75) is 6.92 Å². The minimum Gasteiger partial charge on any atom is -0.457 e. The van der Waals surface area contributed by atoms with Gasteiger partial charge in [0.1, 0.15) is 11.5 Å². The van der Waals surface area contributed by atoms with Crippen LogP contribution in [0.4, 0.5) is 0 Å². The molecule has 0 saturated carbocycles. The van der Waals surface area contributed by atoms with Crippen molar-refractivity contribution >= 4 is 17.4 Å². The molecule has 0 spiro atoms. The summed E-state index contributed by atoms with van der Waals surface area (Å²) in [6.45, 7) is 1.86. The standard InChI is InChI=1S/C14H13ClN2O2/c1-9-8-12(6-7-13(9)14(16)17-18)19-11-4-2-10(15)3-5-11/h2-8,18H,1H3,(H2,16,17). The number of oxime groups is 1. The molecule has 0 atom stereocenters.